The molecule has 0 saturated carbocycles. The quantitative estimate of drug-likeness (QED) is 0.408. The van der Waals surface area contributed by atoms with Crippen molar-refractivity contribution in [3.8, 4) is 0 Å². The molecule has 1 N–H and O–H groups in total. The van der Waals surface area contributed by atoms with Crippen molar-refractivity contribution < 1.29 is 14.3 Å². The van der Waals surface area contributed by atoms with Crippen LogP contribution in [0, 0.1) is 13.8 Å². The van der Waals surface area contributed by atoms with Crippen molar-refractivity contribution in [3.05, 3.63) is 46.8 Å². The third kappa shape index (κ3) is 6.34. The molecule has 0 fully saturated rings. The van der Waals surface area contributed by atoms with Crippen LogP contribution >= 0.6 is 11.8 Å². The minimum absolute atomic E-state index is 0.181. The van der Waals surface area contributed by atoms with Crippen molar-refractivity contribution in [2.75, 3.05) is 18.2 Å². The normalized spacial score (nSPS) is 10.8. The molecule has 0 aliphatic carbocycles. The van der Waals surface area contributed by atoms with Crippen LogP contribution in [-0.4, -0.2) is 34.7 Å². The Bertz CT molecular complexity index is 812. The Morgan fingerprint density at radius 1 is 1.11 bits per heavy atom. The Hall–Kier alpha value is -2.41. The molecule has 1 aromatic heterocycles. The molecule has 0 radical (unpaired) electrons. The Labute approximate surface area is 170 Å². The van der Waals surface area contributed by atoms with Gasteiger partial charge in [0.05, 0.1) is 0 Å². The highest BCUT2D eigenvalue weighted by Gasteiger charge is 2.13. The van der Waals surface area contributed by atoms with E-state index in [9.17, 15) is 9.59 Å². The first-order valence-corrected chi connectivity index (χ1v) is 10.5. The number of nitrogens with one attached hydrogen (secondary N) is 1. The summed E-state index contributed by atoms with van der Waals surface area (Å²) in [7, 11) is 0. The first kappa shape index (κ1) is 21.9. The molecule has 0 atom stereocenters. The number of benzene rings is 1. The lowest BCUT2D eigenvalue weighted by Gasteiger charge is -2.10. The molecular weight excluding hydrogens is 374 g/mol. The Kier molecular flexibility index (Phi) is 7.99. The number of anilines is 1. The van der Waals surface area contributed by atoms with E-state index in [1.54, 1.807) is 0 Å². The van der Waals surface area contributed by atoms with Crippen molar-refractivity contribution in [1.29, 1.82) is 0 Å². The van der Waals surface area contributed by atoms with Crippen molar-refractivity contribution in [2.45, 2.75) is 51.6 Å². The minimum Gasteiger partial charge on any atom is -0.456 e. The van der Waals surface area contributed by atoms with Crippen LogP contribution in [0.25, 0.3) is 0 Å². The van der Waals surface area contributed by atoms with Crippen LogP contribution in [0.3, 0.4) is 0 Å². The summed E-state index contributed by atoms with van der Waals surface area (Å²) in [5.74, 6) is -0.343. The number of carbonyl (C=O) groups is 2. The number of rotatable bonds is 8. The van der Waals surface area contributed by atoms with Crippen molar-refractivity contribution in [3.63, 3.8) is 0 Å². The molecule has 0 spiro atoms. The highest BCUT2D eigenvalue weighted by atomic mass is 32.2. The van der Waals surface area contributed by atoms with Gasteiger partial charge in [0.15, 0.2) is 11.8 Å². The van der Waals surface area contributed by atoms with Gasteiger partial charge in [0, 0.05) is 23.5 Å². The number of hydrogen-bond donors (Lipinski definition) is 1. The number of ether oxygens (including phenoxy) is 1. The van der Waals surface area contributed by atoms with E-state index in [1.807, 2.05) is 44.4 Å². The Morgan fingerprint density at radius 2 is 1.71 bits per heavy atom. The second kappa shape index (κ2) is 10.2. The predicted octanol–water partition coefficient (Wildman–Crippen LogP) is 4.05. The highest BCUT2D eigenvalue weighted by molar-refractivity contribution is 7.98. The van der Waals surface area contributed by atoms with Crippen molar-refractivity contribution in [2.24, 2.45) is 0 Å². The number of esters is 1. The molecule has 0 unspecified atom stereocenters. The molecule has 6 nitrogen and oxygen atoms in total. The lowest BCUT2D eigenvalue weighted by molar-refractivity contribution is -0.147. The number of aromatic nitrogens is 2. The van der Waals surface area contributed by atoms with Gasteiger partial charge in [-0.3, -0.25) is 9.59 Å². The molecule has 0 bridgehead atoms. The van der Waals surface area contributed by atoms with Crippen LogP contribution in [0.4, 0.5) is 5.69 Å². The van der Waals surface area contributed by atoms with Crippen LogP contribution in [0.5, 0.6) is 0 Å². The summed E-state index contributed by atoms with van der Waals surface area (Å²) in [6, 6.07) is 7.64. The molecule has 1 amide bonds. The Balaban J connectivity index is 1.80. The van der Waals surface area contributed by atoms with Gasteiger partial charge in [0.25, 0.3) is 5.91 Å². The summed E-state index contributed by atoms with van der Waals surface area (Å²) >= 11 is 1.49. The summed E-state index contributed by atoms with van der Waals surface area (Å²) in [6.45, 7) is 7.74. The molecule has 1 aromatic carbocycles. The fourth-order valence-electron chi connectivity index (χ4n) is 2.76. The maximum Gasteiger partial charge on any atom is 0.306 e. The number of hydrogen-bond acceptors (Lipinski definition) is 6. The van der Waals surface area contributed by atoms with Crippen LogP contribution in [0.2, 0.25) is 0 Å². The number of carbonyl (C=O) groups excluding carboxylic acids is 2. The summed E-state index contributed by atoms with van der Waals surface area (Å²) in [4.78, 5) is 32.8. The van der Waals surface area contributed by atoms with Gasteiger partial charge in [-0.2, -0.15) is 0 Å². The van der Waals surface area contributed by atoms with Crippen LogP contribution in [0.15, 0.2) is 29.4 Å². The molecule has 0 saturated heterocycles. The summed E-state index contributed by atoms with van der Waals surface area (Å²) in [6.07, 6.45) is 2.60. The highest BCUT2D eigenvalue weighted by Crippen LogP contribution is 2.18. The summed E-state index contributed by atoms with van der Waals surface area (Å²) < 4.78 is 5.09. The molecule has 28 heavy (non-hydrogen) atoms. The first-order chi connectivity index (χ1) is 13.3. The molecule has 150 valence electrons. The molecule has 2 aromatic rings. The molecule has 0 aliphatic rings. The summed E-state index contributed by atoms with van der Waals surface area (Å²) in [5, 5.41) is 3.45. The van der Waals surface area contributed by atoms with Crippen LogP contribution in [-0.2, 0) is 20.7 Å². The monoisotopic (exact) mass is 401 g/mol. The fourth-order valence-corrected chi connectivity index (χ4v) is 3.21. The third-order valence-electron chi connectivity index (χ3n) is 4.39. The van der Waals surface area contributed by atoms with Gasteiger partial charge in [-0.1, -0.05) is 37.7 Å². The van der Waals surface area contributed by atoms with Crippen LogP contribution in [0.1, 0.15) is 48.7 Å². The topological polar surface area (TPSA) is 81.2 Å². The molecule has 1 heterocycles. The maximum atomic E-state index is 12.0. The number of nitrogens with zero attached hydrogens (tertiary/aromatic N) is 2. The van der Waals surface area contributed by atoms with E-state index < -0.39 is 5.97 Å². The van der Waals surface area contributed by atoms with Crippen molar-refractivity contribution >= 4 is 29.3 Å². The zero-order valence-corrected chi connectivity index (χ0v) is 17.9. The van der Waals surface area contributed by atoms with Gasteiger partial charge in [0.2, 0.25) is 0 Å². The van der Waals surface area contributed by atoms with E-state index in [0.717, 1.165) is 22.1 Å². The van der Waals surface area contributed by atoms with Crippen LogP contribution < -0.4 is 5.32 Å². The van der Waals surface area contributed by atoms with Gasteiger partial charge in [-0.25, -0.2) is 9.97 Å². The van der Waals surface area contributed by atoms with E-state index in [1.165, 1.54) is 17.3 Å². The zero-order valence-electron chi connectivity index (χ0n) is 17.0. The van der Waals surface area contributed by atoms with Gasteiger partial charge < -0.3 is 10.1 Å². The van der Waals surface area contributed by atoms with E-state index in [2.05, 4.69) is 29.1 Å². The first-order valence-electron chi connectivity index (χ1n) is 9.23. The second-order valence-corrected chi connectivity index (χ2v) is 7.62. The lowest BCUT2D eigenvalue weighted by Crippen LogP contribution is -2.21. The molecular formula is C21H27N3O3S. The number of thioether (sulfide) groups is 1. The average molecular weight is 402 g/mol. The van der Waals surface area contributed by atoms with Gasteiger partial charge in [0.1, 0.15) is 0 Å². The smallest absolute Gasteiger partial charge is 0.306 e. The summed E-state index contributed by atoms with van der Waals surface area (Å²) in [5.41, 5.74) is 4.57. The molecule has 7 heteroatoms. The largest absolute Gasteiger partial charge is 0.456 e. The zero-order chi connectivity index (χ0) is 20.7. The minimum atomic E-state index is -0.418. The van der Waals surface area contributed by atoms with E-state index in [-0.39, 0.29) is 18.9 Å². The van der Waals surface area contributed by atoms with Gasteiger partial charge >= 0.3 is 5.97 Å². The van der Waals surface area contributed by atoms with E-state index in [4.69, 9.17) is 4.74 Å². The fraction of sp³-hybridized carbons (Fsp3) is 0.429. The number of aryl methyl sites for hydroxylation is 2. The van der Waals surface area contributed by atoms with Gasteiger partial charge in [-0.05, 0) is 55.7 Å². The third-order valence-corrected chi connectivity index (χ3v) is 4.93. The van der Waals surface area contributed by atoms with E-state index >= 15 is 0 Å². The Morgan fingerprint density at radius 3 is 2.25 bits per heavy atom. The predicted molar refractivity (Wildman–Crippen MR) is 112 cm³/mol. The standard InChI is InChI=1S/C21H27N3O3S/c1-13(2)16-6-8-17(9-7-16)24-19(25)12-27-20(26)11-10-18-14(3)22-21(28-5)23-15(18)4/h6-9,13H,10-12H2,1-5H3,(H,24,25). The SMILES string of the molecule is CSc1nc(C)c(CCC(=O)OCC(=O)Nc2ccc(C(C)C)cc2)c(C)n1. The lowest BCUT2D eigenvalue weighted by atomic mass is 10.0. The molecule has 2 rings (SSSR count). The maximum absolute atomic E-state index is 12.0. The second-order valence-electron chi connectivity index (χ2n) is 6.85. The van der Waals surface area contributed by atoms with Gasteiger partial charge in [-0.15, -0.1) is 0 Å². The molecule has 0 aliphatic heterocycles. The van der Waals surface area contributed by atoms with E-state index in [0.29, 0.717) is 18.0 Å². The number of amides is 1. The average Bonchev–Trinajstić information content (AvgIpc) is 2.66. The van der Waals surface area contributed by atoms with Crippen molar-refractivity contribution in [1.82, 2.24) is 9.97 Å².